The van der Waals surface area contributed by atoms with Crippen LogP contribution in [0.1, 0.15) is 5.69 Å². The first-order valence-electron chi connectivity index (χ1n) is 11.0. The fourth-order valence-electron chi connectivity index (χ4n) is 3.73. The fraction of sp³-hybridized carbons (Fsp3) is 0.263. The van der Waals surface area contributed by atoms with Gasteiger partial charge in [0.05, 0.1) is 5.69 Å². The third kappa shape index (κ3) is 5.20. The number of oxime groups is 1. The van der Waals surface area contributed by atoms with E-state index >= 15 is 0 Å². The summed E-state index contributed by atoms with van der Waals surface area (Å²) in [5, 5.41) is 41.3. The quantitative estimate of drug-likeness (QED) is 0.0757. The standard InChI is InChI=1S/C19H17N11O7S3/c20-7-1-9(25-30-14(7)24-27-28-30)38-3-6-4-39-17-12(16(34)29(17)13(6)18(35)36)23-15(33)11(26-37-2-10(31)32)8-5-40-19(21)22-8/h1,5,12,17H,2-4,20H2,(H2,21,22)(H,23,33)(H,31,32)(H,35,36)/b26-11+. The van der Waals surface area contributed by atoms with Crippen LogP contribution in [-0.4, -0.2) is 104 Å². The van der Waals surface area contributed by atoms with E-state index in [0.717, 1.165) is 20.9 Å². The number of aromatic nitrogens is 6. The molecule has 0 radical (unpaired) electrons. The molecule has 3 aromatic rings. The van der Waals surface area contributed by atoms with Crippen LogP contribution in [0.4, 0.5) is 10.8 Å². The van der Waals surface area contributed by atoms with E-state index in [1.165, 1.54) is 28.9 Å². The molecule has 208 valence electrons. The number of nitrogens with one attached hydrogen (secondary N) is 1. The Balaban J connectivity index is 1.31. The highest BCUT2D eigenvalue weighted by Gasteiger charge is 2.54. The number of hydrogen-bond acceptors (Lipinski definition) is 16. The van der Waals surface area contributed by atoms with Gasteiger partial charge in [-0.15, -0.1) is 37.9 Å². The molecule has 0 spiro atoms. The molecule has 5 rings (SSSR count). The number of fused-ring (bicyclic) bond motifs is 2. The van der Waals surface area contributed by atoms with E-state index in [0.29, 0.717) is 16.3 Å². The molecule has 1 saturated heterocycles. The van der Waals surface area contributed by atoms with Gasteiger partial charge in [-0.25, -0.2) is 14.6 Å². The van der Waals surface area contributed by atoms with Crippen molar-refractivity contribution in [3.63, 3.8) is 0 Å². The summed E-state index contributed by atoms with van der Waals surface area (Å²) in [6.45, 7) is -0.815. The van der Waals surface area contributed by atoms with Gasteiger partial charge in [-0.3, -0.25) is 14.5 Å². The Hall–Kier alpha value is -4.50. The zero-order valence-electron chi connectivity index (χ0n) is 19.8. The van der Waals surface area contributed by atoms with Crippen LogP contribution in [-0.2, 0) is 24.0 Å². The van der Waals surface area contributed by atoms with E-state index in [9.17, 15) is 24.3 Å². The maximum absolute atomic E-state index is 13.1. The van der Waals surface area contributed by atoms with Gasteiger partial charge in [0.2, 0.25) is 12.3 Å². The molecule has 0 aliphatic carbocycles. The molecule has 3 aromatic heterocycles. The lowest BCUT2D eigenvalue weighted by molar-refractivity contribution is -0.150. The molecular formula is C19H17N11O7S3. The first-order chi connectivity index (χ1) is 19.1. The molecule has 2 aliphatic rings. The molecule has 2 amide bonds. The van der Waals surface area contributed by atoms with Crippen molar-refractivity contribution in [3.05, 3.63) is 28.4 Å². The number of nitrogens with two attached hydrogens (primary N) is 2. The summed E-state index contributed by atoms with van der Waals surface area (Å²) >= 11 is 3.47. The van der Waals surface area contributed by atoms with Gasteiger partial charge in [0.1, 0.15) is 27.8 Å². The number of thiazole rings is 1. The summed E-state index contributed by atoms with van der Waals surface area (Å²) in [5.74, 6) is -3.70. The van der Waals surface area contributed by atoms with Crippen LogP contribution in [0, 0.1) is 0 Å². The number of hydrogen-bond donors (Lipinski definition) is 5. The lowest BCUT2D eigenvalue weighted by Gasteiger charge is -2.49. The molecule has 7 N–H and O–H groups in total. The van der Waals surface area contributed by atoms with Crippen LogP contribution in [0.5, 0.6) is 0 Å². The molecule has 0 bridgehead atoms. The van der Waals surface area contributed by atoms with Crippen LogP contribution in [0.15, 0.2) is 32.9 Å². The van der Waals surface area contributed by atoms with Gasteiger partial charge in [0.25, 0.3) is 11.8 Å². The zero-order chi connectivity index (χ0) is 28.6. The fourth-order valence-corrected chi connectivity index (χ4v) is 6.66. The van der Waals surface area contributed by atoms with E-state index in [4.69, 9.17) is 21.4 Å². The minimum absolute atomic E-state index is 0.0184. The summed E-state index contributed by atoms with van der Waals surface area (Å²) < 4.78 is 1.16. The van der Waals surface area contributed by atoms with Crippen molar-refractivity contribution in [1.29, 1.82) is 0 Å². The van der Waals surface area contributed by atoms with Crippen molar-refractivity contribution in [2.24, 2.45) is 5.16 Å². The number of rotatable bonds is 10. The first-order valence-corrected chi connectivity index (χ1v) is 13.9. The van der Waals surface area contributed by atoms with Gasteiger partial charge in [0.15, 0.2) is 10.8 Å². The maximum atomic E-state index is 13.1. The number of nitrogens with zero attached hydrogens (tertiary/aromatic N) is 8. The Morgan fingerprint density at radius 2 is 2.10 bits per heavy atom. The van der Waals surface area contributed by atoms with Gasteiger partial charge < -0.3 is 31.8 Å². The number of tetrazole rings is 1. The monoisotopic (exact) mass is 607 g/mol. The van der Waals surface area contributed by atoms with Crippen molar-refractivity contribution in [2.75, 3.05) is 29.6 Å². The second-order valence-corrected chi connectivity index (χ2v) is 11.0. The number of carboxylic acid groups (broad SMARTS) is 2. The average Bonchev–Trinajstić information content (AvgIpc) is 3.56. The topological polar surface area (TPSA) is 266 Å². The minimum Gasteiger partial charge on any atom is -0.479 e. The SMILES string of the molecule is Nc1nc(/C(=N\OCC(=O)O)C(=O)NC2C(=O)N3C(C(=O)O)=C(CSc4cc(N)c5nnnn5n4)CSC23)cs1. The van der Waals surface area contributed by atoms with Crippen molar-refractivity contribution in [1.82, 2.24) is 40.5 Å². The van der Waals surface area contributed by atoms with Crippen LogP contribution < -0.4 is 16.8 Å². The van der Waals surface area contributed by atoms with E-state index in [-0.39, 0.29) is 33.7 Å². The lowest BCUT2D eigenvalue weighted by Crippen LogP contribution is -2.71. The summed E-state index contributed by atoms with van der Waals surface area (Å²) in [4.78, 5) is 58.8. The molecule has 1 fully saturated rings. The number of amides is 2. The largest absolute Gasteiger partial charge is 0.479 e. The normalized spacial score (nSPS) is 18.9. The van der Waals surface area contributed by atoms with Gasteiger partial charge in [0, 0.05) is 16.9 Å². The molecule has 2 aliphatic heterocycles. The van der Waals surface area contributed by atoms with Crippen molar-refractivity contribution in [3.8, 4) is 0 Å². The van der Waals surface area contributed by atoms with Crippen LogP contribution in [0.25, 0.3) is 5.65 Å². The highest BCUT2D eigenvalue weighted by atomic mass is 32.2. The van der Waals surface area contributed by atoms with Crippen LogP contribution in [0.2, 0.25) is 0 Å². The third-order valence-electron chi connectivity index (χ3n) is 5.44. The molecule has 2 unspecified atom stereocenters. The lowest BCUT2D eigenvalue weighted by atomic mass is 10.0. The predicted molar refractivity (Wildman–Crippen MR) is 140 cm³/mol. The van der Waals surface area contributed by atoms with Crippen LogP contribution >= 0.6 is 34.9 Å². The molecule has 2 atom stereocenters. The Bertz CT molecular complexity index is 1600. The highest BCUT2D eigenvalue weighted by Crippen LogP contribution is 2.41. The molecule has 0 saturated carbocycles. The van der Waals surface area contributed by atoms with Gasteiger partial charge in [-0.1, -0.05) is 16.9 Å². The molecule has 0 aromatic carbocycles. The van der Waals surface area contributed by atoms with Crippen molar-refractivity contribution < 1.29 is 34.2 Å². The number of carbonyl (C=O) groups excluding carboxylic acids is 2. The average molecular weight is 608 g/mol. The van der Waals surface area contributed by atoms with Gasteiger partial charge >= 0.3 is 11.9 Å². The van der Waals surface area contributed by atoms with Crippen molar-refractivity contribution in [2.45, 2.75) is 16.4 Å². The summed E-state index contributed by atoms with van der Waals surface area (Å²) in [6, 6.07) is 0.483. The van der Waals surface area contributed by atoms with Gasteiger partial charge in [-0.05, 0) is 22.1 Å². The number of thioether (sulfide) groups is 2. The Morgan fingerprint density at radius 1 is 1.30 bits per heavy atom. The molecule has 18 nitrogen and oxygen atoms in total. The first kappa shape index (κ1) is 27.1. The number of carboxylic acids is 2. The van der Waals surface area contributed by atoms with E-state index in [2.05, 4.69) is 36.1 Å². The summed E-state index contributed by atoms with van der Waals surface area (Å²) in [7, 11) is 0. The Morgan fingerprint density at radius 3 is 2.80 bits per heavy atom. The number of carbonyl (C=O) groups is 4. The summed E-state index contributed by atoms with van der Waals surface area (Å²) in [6.07, 6.45) is 0. The van der Waals surface area contributed by atoms with E-state index in [1.54, 1.807) is 6.07 Å². The second kappa shape index (κ2) is 10.9. The van der Waals surface area contributed by atoms with Gasteiger partial charge in [-0.2, -0.15) is 0 Å². The number of aliphatic carboxylic acids is 2. The molecule has 5 heterocycles. The predicted octanol–water partition coefficient (Wildman–Crippen LogP) is -1.52. The number of nitrogen functional groups attached to an aromatic ring is 2. The van der Waals surface area contributed by atoms with E-state index < -0.39 is 47.5 Å². The highest BCUT2D eigenvalue weighted by molar-refractivity contribution is 8.01. The third-order valence-corrected chi connectivity index (χ3v) is 8.44. The minimum atomic E-state index is -1.32. The zero-order valence-corrected chi connectivity index (χ0v) is 22.3. The van der Waals surface area contributed by atoms with Crippen molar-refractivity contribution >= 4 is 80.8 Å². The molecular weight excluding hydrogens is 590 g/mol. The molecule has 40 heavy (non-hydrogen) atoms. The number of β-lactam (4-membered cyclic amide) rings is 1. The summed E-state index contributed by atoms with van der Waals surface area (Å²) in [5.41, 5.74) is 12.1. The van der Waals surface area contributed by atoms with Crippen LogP contribution in [0.3, 0.4) is 0 Å². The maximum Gasteiger partial charge on any atom is 0.352 e. The Kier molecular flexibility index (Phi) is 7.40. The Labute approximate surface area is 234 Å². The molecule has 21 heteroatoms. The smallest absolute Gasteiger partial charge is 0.352 e. The number of anilines is 2. The van der Waals surface area contributed by atoms with E-state index in [1.807, 2.05) is 0 Å². The second-order valence-electron chi connectivity index (χ2n) is 8.01.